The van der Waals surface area contributed by atoms with Gasteiger partial charge in [-0.05, 0) is 78.6 Å². The maximum atomic E-state index is 12.6. The highest BCUT2D eigenvalue weighted by molar-refractivity contribution is 5.82. The molecule has 8 heteroatoms. The molecule has 3 aliphatic rings. The van der Waals surface area contributed by atoms with Gasteiger partial charge in [0, 0.05) is 75.8 Å². The van der Waals surface area contributed by atoms with Crippen LogP contribution in [0.3, 0.4) is 0 Å². The number of rotatable bonds is 8. The van der Waals surface area contributed by atoms with Crippen LogP contribution >= 0.6 is 0 Å². The number of amides is 1. The van der Waals surface area contributed by atoms with Crippen LogP contribution in [-0.2, 0) is 24.3 Å². The average Bonchev–Trinajstić information content (AvgIpc) is 3.88. The SMILES string of the molecule is O=C(C1CC1)N1CCN(Cc2ccnc(Cc3nc4ccc(-c5ccn(CC6CC6)c(=O)c5)cc4[nH]3)c2)CC1. The summed E-state index contributed by atoms with van der Waals surface area (Å²) in [6.07, 6.45) is 9.02. The number of piperazine rings is 1. The molecule has 4 aromatic rings. The van der Waals surface area contributed by atoms with Crippen LogP contribution < -0.4 is 5.56 Å². The maximum absolute atomic E-state index is 12.6. The van der Waals surface area contributed by atoms with E-state index in [0.29, 0.717) is 24.2 Å². The first-order chi connectivity index (χ1) is 19.1. The standard InChI is InChI=1S/C31H34N6O2/c38-30-17-25(8-10-37(30)20-21-1-2-21)24-5-6-27-28(16-24)34-29(33-27)18-26-15-22(7-9-32-26)19-35-11-13-36(14-12-35)31(39)23-3-4-23/h5-10,15-17,21,23H,1-4,11-14,18-20H2,(H,33,34). The van der Waals surface area contributed by atoms with E-state index in [1.165, 1.54) is 18.4 Å². The van der Waals surface area contributed by atoms with E-state index in [4.69, 9.17) is 4.98 Å². The van der Waals surface area contributed by atoms with Crippen molar-refractivity contribution in [1.82, 2.24) is 29.3 Å². The van der Waals surface area contributed by atoms with Gasteiger partial charge in [0.05, 0.1) is 11.0 Å². The first-order valence-corrected chi connectivity index (χ1v) is 14.2. The number of imidazole rings is 1. The summed E-state index contributed by atoms with van der Waals surface area (Å²) < 4.78 is 1.82. The molecule has 2 saturated carbocycles. The molecule has 7 rings (SSSR count). The lowest BCUT2D eigenvalue weighted by atomic mass is 10.1. The van der Waals surface area contributed by atoms with Gasteiger partial charge in [-0.1, -0.05) is 6.07 Å². The van der Waals surface area contributed by atoms with Crippen molar-refractivity contribution in [3.8, 4) is 11.1 Å². The third kappa shape index (κ3) is 5.52. The highest BCUT2D eigenvalue weighted by Crippen LogP contribution is 2.32. The van der Waals surface area contributed by atoms with Crippen molar-refractivity contribution < 1.29 is 4.79 Å². The molecule has 3 aromatic heterocycles. The number of nitrogens with zero attached hydrogens (tertiary/aromatic N) is 5. The van der Waals surface area contributed by atoms with Crippen LogP contribution in [0.25, 0.3) is 22.2 Å². The van der Waals surface area contributed by atoms with Crippen LogP contribution in [-0.4, -0.2) is 61.4 Å². The molecule has 1 saturated heterocycles. The molecular weight excluding hydrogens is 488 g/mol. The van der Waals surface area contributed by atoms with E-state index in [-0.39, 0.29) is 5.56 Å². The predicted molar refractivity (Wildman–Crippen MR) is 150 cm³/mol. The molecule has 39 heavy (non-hydrogen) atoms. The molecule has 0 radical (unpaired) electrons. The highest BCUT2D eigenvalue weighted by Gasteiger charge is 2.34. The van der Waals surface area contributed by atoms with Gasteiger partial charge >= 0.3 is 0 Å². The number of carbonyl (C=O) groups is 1. The number of hydrogen-bond acceptors (Lipinski definition) is 5. The van der Waals surface area contributed by atoms with Gasteiger partial charge in [-0.15, -0.1) is 0 Å². The van der Waals surface area contributed by atoms with Gasteiger partial charge in [0.25, 0.3) is 5.56 Å². The Kier molecular flexibility index (Phi) is 6.27. The molecule has 0 bridgehead atoms. The normalized spacial score (nSPS) is 18.1. The Hall–Kier alpha value is -3.78. The molecule has 3 fully saturated rings. The van der Waals surface area contributed by atoms with E-state index in [1.807, 2.05) is 40.1 Å². The van der Waals surface area contributed by atoms with Crippen LogP contribution in [0.2, 0.25) is 0 Å². The average molecular weight is 523 g/mol. The van der Waals surface area contributed by atoms with E-state index in [1.54, 1.807) is 6.07 Å². The summed E-state index contributed by atoms with van der Waals surface area (Å²) in [4.78, 5) is 42.2. The number of aromatic nitrogens is 4. The Labute approximate surface area is 227 Å². The van der Waals surface area contributed by atoms with Crippen molar-refractivity contribution in [2.24, 2.45) is 11.8 Å². The number of pyridine rings is 2. The van der Waals surface area contributed by atoms with Crippen LogP contribution in [0.4, 0.5) is 0 Å². The maximum Gasteiger partial charge on any atom is 0.251 e. The number of aromatic amines is 1. The minimum Gasteiger partial charge on any atom is -0.342 e. The van der Waals surface area contributed by atoms with Crippen LogP contribution in [0.5, 0.6) is 0 Å². The molecule has 1 aliphatic heterocycles. The minimum absolute atomic E-state index is 0.0596. The Bertz CT molecular complexity index is 1570. The van der Waals surface area contributed by atoms with Gasteiger partial charge in [0.2, 0.25) is 5.91 Å². The number of fused-ring (bicyclic) bond motifs is 1. The zero-order chi connectivity index (χ0) is 26.3. The Balaban J connectivity index is 1.01. The van der Waals surface area contributed by atoms with Crippen LogP contribution in [0.15, 0.2) is 59.7 Å². The molecular formula is C31H34N6O2. The third-order valence-corrected chi connectivity index (χ3v) is 8.26. The first kappa shape index (κ1) is 24.3. The second kappa shape index (κ2) is 10.1. The third-order valence-electron chi connectivity index (χ3n) is 8.26. The molecule has 0 spiro atoms. The van der Waals surface area contributed by atoms with Crippen molar-refractivity contribution >= 4 is 16.9 Å². The van der Waals surface area contributed by atoms with Crippen molar-refractivity contribution in [1.29, 1.82) is 0 Å². The molecule has 8 nitrogen and oxygen atoms in total. The number of carbonyl (C=O) groups excluding carboxylic acids is 1. The molecule has 0 unspecified atom stereocenters. The largest absolute Gasteiger partial charge is 0.342 e. The molecule has 200 valence electrons. The Morgan fingerprint density at radius 2 is 1.77 bits per heavy atom. The number of hydrogen-bond donors (Lipinski definition) is 1. The molecule has 1 amide bonds. The van der Waals surface area contributed by atoms with Gasteiger partial charge in [0.15, 0.2) is 0 Å². The van der Waals surface area contributed by atoms with Crippen molar-refractivity contribution in [3.63, 3.8) is 0 Å². The summed E-state index contributed by atoms with van der Waals surface area (Å²) in [6.45, 7) is 5.18. The molecule has 1 aromatic carbocycles. The van der Waals surface area contributed by atoms with Gasteiger partial charge in [-0.25, -0.2) is 4.98 Å². The van der Waals surface area contributed by atoms with Gasteiger partial charge < -0.3 is 14.5 Å². The van der Waals surface area contributed by atoms with Gasteiger partial charge in [0.1, 0.15) is 5.82 Å². The summed E-state index contributed by atoms with van der Waals surface area (Å²) in [5, 5.41) is 0. The van der Waals surface area contributed by atoms with E-state index in [9.17, 15) is 9.59 Å². The van der Waals surface area contributed by atoms with E-state index in [2.05, 4.69) is 33.1 Å². The summed E-state index contributed by atoms with van der Waals surface area (Å²) in [5.41, 5.74) is 6.07. The second-order valence-electron chi connectivity index (χ2n) is 11.5. The lowest BCUT2D eigenvalue weighted by Gasteiger charge is -2.35. The monoisotopic (exact) mass is 522 g/mol. The quantitative estimate of drug-likeness (QED) is 0.380. The Morgan fingerprint density at radius 1 is 0.949 bits per heavy atom. The van der Waals surface area contributed by atoms with Crippen molar-refractivity contribution in [2.45, 2.75) is 45.2 Å². The Morgan fingerprint density at radius 3 is 2.54 bits per heavy atom. The van der Waals surface area contributed by atoms with Crippen molar-refractivity contribution in [3.05, 3.63) is 82.3 Å². The topological polar surface area (TPSA) is 87.1 Å². The number of nitrogens with one attached hydrogen (secondary N) is 1. The van der Waals surface area contributed by atoms with Crippen LogP contribution in [0.1, 0.15) is 42.8 Å². The smallest absolute Gasteiger partial charge is 0.251 e. The number of H-pyrrole nitrogens is 1. The summed E-state index contributed by atoms with van der Waals surface area (Å²) >= 11 is 0. The fourth-order valence-electron chi connectivity index (χ4n) is 5.61. The summed E-state index contributed by atoms with van der Waals surface area (Å²) in [5.74, 6) is 2.20. The molecule has 1 N–H and O–H groups in total. The van der Waals surface area contributed by atoms with E-state index < -0.39 is 0 Å². The zero-order valence-corrected chi connectivity index (χ0v) is 22.2. The fourth-order valence-corrected chi connectivity index (χ4v) is 5.61. The second-order valence-corrected chi connectivity index (χ2v) is 11.5. The van der Waals surface area contributed by atoms with Crippen molar-refractivity contribution in [2.75, 3.05) is 26.2 Å². The number of benzene rings is 1. The van der Waals surface area contributed by atoms with Gasteiger partial charge in [-0.2, -0.15) is 0 Å². The van der Waals surface area contributed by atoms with E-state index in [0.717, 1.165) is 85.8 Å². The first-order valence-electron chi connectivity index (χ1n) is 14.2. The fraction of sp³-hybridized carbons (Fsp3) is 0.419. The molecule has 0 atom stereocenters. The lowest BCUT2D eigenvalue weighted by Crippen LogP contribution is -2.48. The highest BCUT2D eigenvalue weighted by atomic mass is 16.2. The summed E-state index contributed by atoms with van der Waals surface area (Å²) in [6, 6.07) is 14.1. The predicted octanol–water partition coefficient (Wildman–Crippen LogP) is 3.84. The summed E-state index contributed by atoms with van der Waals surface area (Å²) in [7, 11) is 0. The molecule has 2 aliphatic carbocycles. The van der Waals surface area contributed by atoms with E-state index >= 15 is 0 Å². The molecule has 4 heterocycles. The minimum atomic E-state index is 0.0596. The lowest BCUT2D eigenvalue weighted by molar-refractivity contribution is -0.134. The zero-order valence-electron chi connectivity index (χ0n) is 22.2. The van der Waals surface area contributed by atoms with Crippen LogP contribution in [0, 0.1) is 11.8 Å². The van der Waals surface area contributed by atoms with Gasteiger partial charge in [-0.3, -0.25) is 19.5 Å².